The lowest BCUT2D eigenvalue weighted by molar-refractivity contribution is -0.118. The number of methoxy groups -OCH3 is 1. The fraction of sp³-hybridized carbons (Fsp3) is 0.438. The molecule has 24 heavy (non-hydrogen) atoms. The molecule has 0 aliphatic rings. The van der Waals surface area contributed by atoms with E-state index in [4.69, 9.17) is 0 Å². The van der Waals surface area contributed by atoms with Gasteiger partial charge in [-0.2, -0.15) is 0 Å². The Bertz CT molecular complexity index is 619. The number of carbonyl (C=O) groups excluding carboxylic acids is 3. The molecule has 0 saturated heterocycles. The zero-order valence-corrected chi connectivity index (χ0v) is 14.1. The van der Waals surface area contributed by atoms with Crippen LogP contribution in [0, 0.1) is 11.7 Å². The largest absolute Gasteiger partial charge is 0.453 e. The minimum absolute atomic E-state index is 0.0910. The quantitative estimate of drug-likeness (QED) is 0.742. The van der Waals surface area contributed by atoms with Gasteiger partial charge in [-0.3, -0.25) is 9.59 Å². The van der Waals surface area contributed by atoms with Crippen LogP contribution >= 0.6 is 0 Å². The third-order valence-corrected chi connectivity index (χ3v) is 3.05. The molecule has 0 spiro atoms. The zero-order valence-electron chi connectivity index (χ0n) is 14.1. The molecule has 0 heterocycles. The molecule has 1 rings (SSSR count). The van der Waals surface area contributed by atoms with E-state index in [0.29, 0.717) is 12.1 Å². The summed E-state index contributed by atoms with van der Waals surface area (Å²) in [6, 6.07) is 2.94. The topological polar surface area (TPSA) is 96.5 Å². The summed E-state index contributed by atoms with van der Waals surface area (Å²) in [7, 11) is 1.19. The van der Waals surface area contributed by atoms with Crippen LogP contribution in [0.4, 0.5) is 20.6 Å². The van der Waals surface area contributed by atoms with Crippen molar-refractivity contribution in [3.8, 4) is 0 Å². The first kappa shape index (κ1) is 19.4. The van der Waals surface area contributed by atoms with Crippen molar-refractivity contribution in [2.45, 2.75) is 33.2 Å². The van der Waals surface area contributed by atoms with Gasteiger partial charge in [-0.25, -0.2) is 9.18 Å². The van der Waals surface area contributed by atoms with Crippen molar-refractivity contribution in [2.75, 3.05) is 17.7 Å². The van der Waals surface area contributed by atoms with Crippen LogP contribution in [0.2, 0.25) is 0 Å². The standard InChI is InChI=1S/C16H22FN3O4/c1-9(2)7-14(20-16(23)24-4)15(22)19-13-8-11(18-10(3)21)5-6-12(13)17/h5-6,8-9,14H,7H2,1-4H3,(H,18,21)(H,19,22)(H,20,23). The number of carbonyl (C=O) groups is 3. The van der Waals surface area contributed by atoms with Gasteiger partial charge < -0.3 is 20.7 Å². The highest BCUT2D eigenvalue weighted by Crippen LogP contribution is 2.20. The Balaban J connectivity index is 2.92. The summed E-state index contributed by atoms with van der Waals surface area (Å²) in [6.07, 6.45) is -0.392. The van der Waals surface area contributed by atoms with Crippen LogP contribution in [0.1, 0.15) is 27.2 Å². The molecule has 3 N–H and O–H groups in total. The van der Waals surface area contributed by atoms with Crippen molar-refractivity contribution >= 4 is 29.3 Å². The number of ether oxygens (including phenoxy) is 1. The van der Waals surface area contributed by atoms with Crippen molar-refractivity contribution < 1.29 is 23.5 Å². The molecule has 3 amide bonds. The van der Waals surface area contributed by atoms with E-state index in [1.165, 1.54) is 26.2 Å². The summed E-state index contributed by atoms with van der Waals surface area (Å²) in [5, 5.41) is 7.34. The Kier molecular flexibility index (Phi) is 7.16. The number of halogens is 1. The second-order valence-electron chi connectivity index (χ2n) is 5.68. The molecular formula is C16H22FN3O4. The van der Waals surface area contributed by atoms with E-state index >= 15 is 0 Å². The molecule has 0 aromatic heterocycles. The molecule has 1 atom stereocenters. The maximum absolute atomic E-state index is 13.9. The molecular weight excluding hydrogens is 317 g/mol. The summed E-state index contributed by atoms with van der Waals surface area (Å²) < 4.78 is 18.4. The molecule has 0 fully saturated rings. The van der Waals surface area contributed by atoms with Crippen LogP contribution in [-0.2, 0) is 14.3 Å². The van der Waals surface area contributed by atoms with Gasteiger partial charge >= 0.3 is 6.09 Å². The molecule has 1 aromatic carbocycles. The predicted molar refractivity (Wildman–Crippen MR) is 88.1 cm³/mol. The van der Waals surface area contributed by atoms with E-state index < -0.39 is 23.9 Å². The lowest BCUT2D eigenvalue weighted by Gasteiger charge is -2.20. The molecule has 0 aliphatic heterocycles. The number of hydrogen-bond donors (Lipinski definition) is 3. The Morgan fingerprint density at radius 2 is 1.88 bits per heavy atom. The molecule has 0 radical (unpaired) electrons. The van der Waals surface area contributed by atoms with Gasteiger partial charge in [-0.05, 0) is 30.5 Å². The third kappa shape index (κ3) is 6.23. The van der Waals surface area contributed by atoms with Gasteiger partial charge in [-0.15, -0.1) is 0 Å². The number of alkyl carbamates (subject to hydrolysis) is 1. The van der Waals surface area contributed by atoms with Crippen molar-refractivity contribution in [3.63, 3.8) is 0 Å². The highest BCUT2D eigenvalue weighted by Gasteiger charge is 2.23. The van der Waals surface area contributed by atoms with Gasteiger partial charge in [-0.1, -0.05) is 13.8 Å². The summed E-state index contributed by atoms with van der Waals surface area (Å²) in [5.74, 6) is -1.43. The van der Waals surface area contributed by atoms with Gasteiger partial charge in [0.25, 0.3) is 0 Å². The molecule has 7 nitrogen and oxygen atoms in total. The summed E-state index contributed by atoms with van der Waals surface area (Å²) in [6.45, 7) is 5.09. The van der Waals surface area contributed by atoms with E-state index in [1.54, 1.807) is 0 Å². The smallest absolute Gasteiger partial charge is 0.407 e. The number of amides is 3. The van der Waals surface area contributed by atoms with Crippen LogP contribution in [0.3, 0.4) is 0 Å². The van der Waals surface area contributed by atoms with Gasteiger partial charge in [0.15, 0.2) is 0 Å². The molecule has 1 aromatic rings. The van der Waals surface area contributed by atoms with Gasteiger partial charge in [0.05, 0.1) is 12.8 Å². The fourth-order valence-electron chi connectivity index (χ4n) is 2.03. The monoisotopic (exact) mass is 339 g/mol. The maximum Gasteiger partial charge on any atom is 0.407 e. The lowest BCUT2D eigenvalue weighted by atomic mass is 10.0. The highest BCUT2D eigenvalue weighted by molar-refractivity contribution is 5.97. The first-order valence-corrected chi connectivity index (χ1v) is 7.45. The van der Waals surface area contributed by atoms with E-state index in [0.717, 1.165) is 6.07 Å². The normalized spacial score (nSPS) is 11.6. The van der Waals surface area contributed by atoms with Crippen molar-refractivity contribution in [3.05, 3.63) is 24.0 Å². The Morgan fingerprint density at radius 3 is 2.42 bits per heavy atom. The number of hydrogen-bond acceptors (Lipinski definition) is 4. The summed E-state index contributed by atoms with van der Waals surface area (Å²) in [5.41, 5.74) is 0.257. The van der Waals surface area contributed by atoms with Crippen LogP contribution in [-0.4, -0.2) is 31.1 Å². The Morgan fingerprint density at radius 1 is 1.21 bits per heavy atom. The first-order chi connectivity index (χ1) is 11.2. The van der Waals surface area contributed by atoms with Crippen LogP contribution in [0.15, 0.2) is 18.2 Å². The first-order valence-electron chi connectivity index (χ1n) is 7.45. The minimum Gasteiger partial charge on any atom is -0.453 e. The van der Waals surface area contributed by atoms with E-state index in [2.05, 4.69) is 20.7 Å². The molecule has 1 unspecified atom stereocenters. The number of anilines is 2. The summed E-state index contributed by atoms with van der Waals surface area (Å²) >= 11 is 0. The molecule has 132 valence electrons. The van der Waals surface area contributed by atoms with Crippen molar-refractivity contribution in [1.29, 1.82) is 0 Å². The molecule has 0 aliphatic carbocycles. The molecule has 0 saturated carbocycles. The van der Waals surface area contributed by atoms with E-state index in [-0.39, 0.29) is 17.5 Å². The zero-order chi connectivity index (χ0) is 18.3. The van der Waals surface area contributed by atoms with Gasteiger partial charge in [0, 0.05) is 12.6 Å². The van der Waals surface area contributed by atoms with Crippen molar-refractivity contribution in [1.82, 2.24) is 5.32 Å². The van der Waals surface area contributed by atoms with E-state index in [9.17, 15) is 18.8 Å². The third-order valence-electron chi connectivity index (χ3n) is 3.05. The van der Waals surface area contributed by atoms with Crippen LogP contribution in [0.5, 0.6) is 0 Å². The van der Waals surface area contributed by atoms with E-state index in [1.807, 2.05) is 13.8 Å². The minimum atomic E-state index is -0.874. The number of nitrogens with one attached hydrogen (secondary N) is 3. The Labute approximate surface area is 139 Å². The van der Waals surface area contributed by atoms with Gasteiger partial charge in [0.2, 0.25) is 11.8 Å². The maximum atomic E-state index is 13.9. The van der Waals surface area contributed by atoms with Crippen LogP contribution in [0.25, 0.3) is 0 Å². The second kappa shape index (κ2) is 8.85. The fourth-order valence-corrected chi connectivity index (χ4v) is 2.03. The van der Waals surface area contributed by atoms with Crippen LogP contribution < -0.4 is 16.0 Å². The average Bonchev–Trinajstić information content (AvgIpc) is 2.48. The predicted octanol–water partition coefficient (Wildman–Crippen LogP) is 2.49. The average molecular weight is 339 g/mol. The van der Waals surface area contributed by atoms with Crippen molar-refractivity contribution in [2.24, 2.45) is 5.92 Å². The lowest BCUT2D eigenvalue weighted by Crippen LogP contribution is -2.44. The number of rotatable bonds is 6. The highest BCUT2D eigenvalue weighted by atomic mass is 19.1. The second-order valence-corrected chi connectivity index (χ2v) is 5.68. The van der Waals surface area contributed by atoms with Gasteiger partial charge in [0.1, 0.15) is 11.9 Å². The Hall–Kier alpha value is -2.64. The molecule has 8 heteroatoms. The SMILES string of the molecule is COC(=O)NC(CC(C)C)C(=O)Nc1cc(NC(C)=O)ccc1F. The summed E-state index contributed by atoms with van der Waals surface area (Å²) in [4.78, 5) is 34.8. The molecule has 0 bridgehead atoms. The number of benzene rings is 1.